The lowest BCUT2D eigenvalue weighted by molar-refractivity contribution is -0.145. The van der Waals surface area contributed by atoms with Gasteiger partial charge in [0, 0.05) is 26.2 Å². The first-order valence-corrected chi connectivity index (χ1v) is 5.56. The molecule has 2 aliphatic rings. The smallest absolute Gasteiger partial charge is 0.247 e. The van der Waals surface area contributed by atoms with Gasteiger partial charge in [-0.15, -0.1) is 0 Å². The van der Waals surface area contributed by atoms with E-state index in [2.05, 4.69) is 5.32 Å². The summed E-state index contributed by atoms with van der Waals surface area (Å²) >= 11 is 0. The van der Waals surface area contributed by atoms with Crippen LogP contribution < -0.4 is 5.32 Å². The zero-order valence-electron chi connectivity index (χ0n) is 9.42. The fourth-order valence-electron chi connectivity index (χ4n) is 1.95. The van der Waals surface area contributed by atoms with Gasteiger partial charge in [0.1, 0.15) is 12.6 Å². The fraction of sp³-hybridized carbons (Fsp3) is 0.700. The van der Waals surface area contributed by atoms with Gasteiger partial charge in [-0.2, -0.15) is 0 Å². The molecule has 0 aromatic carbocycles. The van der Waals surface area contributed by atoms with Gasteiger partial charge in [0.25, 0.3) is 0 Å². The Morgan fingerprint density at radius 3 is 2.65 bits per heavy atom. The van der Waals surface area contributed by atoms with Crippen LogP contribution in [0.25, 0.3) is 0 Å². The Morgan fingerprint density at radius 1 is 1.35 bits per heavy atom. The third-order valence-corrected chi connectivity index (χ3v) is 2.93. The predicted octanol–water partition coefficient (Wildman–Crippen LogP) is -2.20. The molecule has 1 unspecified atom stereocenters. The molecule has 0 bridgehead atoms. The number of morpholine rings is 1. The number of nitrogens with zero attached hydrogens (tertiary/aromatic N) is 2. The highest BCUT2D eigenvalue weighted by molar-refractivity contribution is 5.89. The first-order chi connectivity index (χ1) is 8.20. The molecular weight excluding hydrogens is 226 g/mol. The maximum absolute atomic E-state index is 12.0. The Labute approximate surface area is 98.7 Å². The molecule has 0 aliphatic carbocycles. The van der Waals surface area contributed by atoms with Gasteiger partial charge in [-0.3, -0.25) is 14.4 Å². The molecule has 0 aromatic heterocycles. The van der Waals surface area contributed by atoms with Crippen molar-refractivity contribution in [2.75, 3.05) is 39.4 Å². The van der Waals surface area contributed by atoms with Crippen molar-refractivity contribution in [3.63, 3.8) is 0 Å². The minimum atomic E-state index is -0.584. The lowest BCUT2D eigenvalue weighted by Gasteiger charge is -2.35. The number of carbonyl (C=O) groups excluding carboxylic acids is 3. The minimum Gasteiger partial charge on any atom is -0.369 e. The van der Waals surface area contributed by atoms with E-state index in [1.807, 2.05) is 0 Å². The lowest BCUT2D eigenvalue weighted by Crippen LogP contribution is -2.58. The number of nitrogens with one attached hydrogen (secondary N) is 1. The van der Waals surface area contributed by atoms with Crippen molar-refractivity contribution < 1.29 is 19.1 Å². The van der Waals surface area contributed by atoms with Gasteiger partial charge >= 0.3 is 0 Å². The summed E-state index contributed by atoms with van der Waals surface area (Å²) in [5.41, 5.74) is 0. The second-order valence-corrected chi connectivity index (χ2v) is 4.10. The first kappa shape index (κ1) is 11.8. The highest BCUT2D eigenvalue weighted by atomic mass is 16.5. The van der Waals surface area contributed by atoms with Crippen molar-refractivity contribution in [1.82, 2.24) is 15.1 Å². The number of hydrogen-bond acceptors (Lipinski definition) is 4. The van der Waals surface area contributed by atoms with Crippen molar-refractivity contribution in [3.05, 3.63) is 0 Å². The van der Waals surface area contributed by atoms with Crippen molar-refractivity contribution in [2.24, 2.45) is 0 Å². The average Bonchev–Trinajstić information content (AvgIpc) is 2.38. The summed E-state index contributed by atoms with van der Waals surface area (Å²) in [6, 6.07) is -0.584. The summed E-state index contributed by atoms with van der Waals surface area (Å²) in [5, 5.41) is 2.60. The SMILES string of the molecule is O=CN1CCN(C(=O)C2COCC(=O)N2)CC1. The zero-order chi connectivity index (χ0) is 12.3. The van der Waals surface area contributed by atoms with E-state index in [1.54, 1.807) is 9.80 Å². The third-order valence-electron chi connectivity index (χ3n) is 2.93. The van der Waals surface area contributed by atoms with Crippen molar-refractivity contribution in [1.29, 1.82) is 0 Å². The maximum atomic E-state index is 12.0. The van der Waals surface area contributed by atoms with Crippen LogP contribution >= 0.6 is 0 Å². The van der Waals surface area contributed by atoms with Gasteiger partial charge in [0.15, 0.2) is 0 Å². The van der Waals surface area contributed by atoms with E-state index in [4.69, 9.17) is 4.74 Å². The van der Waals surface area contributed by atoms with Crippen LogP contribution in [0.1, 0.15) is 0 Å². The molecule has 3 amide bonds. The molecule has 0 aromatic rings. The van der Waals surface area contributed by atoms with E-state index in [1.165, 1.54) is 0 Å². The predicted molar refractivity (Wildman–Crippen MR) is 57.0 cm³/mol. The van der Waals surface area contributed by atoms with Gasteiger partial charge in [-0.25, -0.2) is 0 Å². The van der Waals surface area contributed by atoms with Crippen LogP contribution in [0.15, 0.2) is 0 Å². The molecule has 2 rings (SSSR count). The van der Waals surface area contributed by atoms with Gasteiger partial charge in [0.05, 0.1) is 6.61 Å². The summed E-state index contributed by atoms with van der Waals surface area (Å²) in [6.45, 7) is 2.32. The molecule has 7 heteroatoms. The van der Waals surface area contributed by atoms with Gasteiger partial charge < -0.3 is 19.9 Å². The molecule has 1 N–H and O–H groups in total. The Bertz CT molecular complexity index is 326. The number of piperazine rings is 1. The number of rotatable bonds is 2. The van der Waals surface area contributed by atoms with Crippen molar-refractivity contribution in [3.8, 4) is 0 Å². The summed E-state index contributed by atoms with van der Waals surface area (Å²) < 4.78 is 5.02. The van der Waals surface area contributed by atoms with Crippen LogP contribution in [0.3, 0.4) is 0 Å². The van der Waals surface area contributed by atoms with E-state index in [9.17, 15) is 14.4 Å². The van der Waals surface area contributed by atoms with E-state index in [0.717, 1.165) is 6.41 Å². The maximum Gasteiger partial charge on any atom is 0.247 e. The fourth-order valence-corrected chi connectivity index (χ4v) is 1.95. The van der Waals surface area contributed by atoms with Crippen LogP contribution in [-0.2, 0) is 19.1 Å². The molecule has 7 nitrogen and oxygen atoms in total. The molecule has 94 valence electrons. The topological polar surface area (TPSA) is 79.0 Å². The van der Waals surface area contributed by atoms with E-state index in [0.29, 0.717) is 26.2 Å². The normalized spacial score (nSPS) is 25.4. The number of carbonyl (C=O) groups is 3. The average molecular weight is 241 g/mol. The molecule has 0 saturated carbocycles. The van der Waals surface area contributed by atoms with Crippen molar-refractivity contribution >= 4 is 18.2 Å². The number of hydrogen-bond donors (Lipinski definition) is 1. The second-order valence-electron chi connectivity index (χ2n) is 4.10. The summed E-state index contributed by atoms with van der Waals surface area (Å²) in [7, 11) is 0. The van der Waals surface area contributed by atoms with Crippen LogP contribution in [0.2, 0.25) is 0 Å². The molecule has 1 atom stereocenters. The summed E-state index contributed by atoms with van der Waals surface area (Å²) in [4.78, 5) is 36.9. The van der Waals surface area contributed by atoms with Crippen LogP contribution in [0, 0.1) is 0 Å². The molecule has 0 spiro atoms. The summed E-state index contributed by atoms with van der Waals surface area (Å²) in [6.07, 6.45) is 0.785. The van der Waals surface area contributed by atoms with E-state index >= 15 is 0 Å². The number of amides is 3. The highest BCUT2D eigenvalue weighted by Crippen LogP contribution is 2.05. The minimum absolute atomic E-state index is 0.0166. The largest absolute Gasteiger partial charge is 0.369 e. The highest BCUT2D eigenvalue weighted by Gasteiger charge is 2.30. The van der Waals surface area contributed by atoms with E-state index < -0.39 is 6.04 Å². The van der Waals surface area contributed by atoms with Crippen LogP contribution in [-0.4, -0.2) is 73.5 Å². The van der Waals surface area contributed by atoms with Gasteiger partial charge in [0.2, 0.25) is 18.2 Å². The Kier molecular flexibility index (Phi) is 3.58. The van der Waals surface area contributed by atoms with Gasteiger partial charge in [-0.1, -0.05) is 0 Å². The molecule has 2 aliphatic heterocycles. The molecule has 0 radical (unpaired) electrons. The van der Waals surface area contributed by atoms with E-state index in [-0.39, 0.29) is 25.0 Å². The van der Waals surface area contributed by atoms with Gasteiger partial charge in [-0.05, 0) is 0 Å². The molecule has 2 fully saturated rings. The third kappa shape index (κ3) is 2.73. The molecule has 2 heterocycles. The van der Waals surface area contributed by atoms with Crippen LogP contribution in [0.4, 0.5) is 0 Å². The monoisotopic (exact) mass is 241 g/mol. The van der Waals surface area contributed by atoms with Crippen molar-refractivity contribution in [2.45, 2.75) is 6.04 Å². The zero-order valence-corrected chi connectivity index (χ0v) is 9.42. The standard InChI is InChI=1S/C10H15N3O4/c14-7-12-1-3-13(4-2-12)10(16)8-5-17-6-9(15)11-8/h7-8H,1-6H2,(H,11,15). The van der Waals surface area contributed by atoms with Crippen LogP contribution in [0.5, 0.6) is 0 Å². The lowest BCUT2D eigenvalue weighted by atomic mass is 10.2. The molecule has 17 heavy (non-hydrogen) atoms. The molecule has 2 saturated heterocycles. The Hall–Kier alpha value is -1.63. The Balaban J connectivity index is 1.87. The molecular formula is C10H15N3O4. The quantitative estimate of drug-likeness (QED) is 0.557. The summed E-state index contributed by atoms with van der Waals surface area (Å²) in [5.74, 6) is -0.398. The Morgan fingerprint density at radius 2 is 2.06 bits per heavy atom. The first-order valence-electron chi connectivity index (χ1n) is 5.56. The number of ether oxygens (including phenoxy) is 1. The second kappa shape index (κ2) is 5.13.